The van der Waals surface area contributed by atoms with E-state index in [1.165, 1.54) is 71.9 Å². The van der Waals surface area contributed by atoms with Gasteiger partial charge in [-0.1, -0.05) is 108 Å². The molecule has 3 heteroatoms. The van der Waals surface area contributed by atoms with Gasteiger partial charge in [0, 0.05) is 32.5 Å². The van der Waals surface area contributed by atoms with Crippen LogP contribution in [0.1, 0.15) is 99.1 Å². The van der Waals surface area contributed by atoms with Crippen LogP contribution in [0.2, 0.25) is 0 Å². The topological polar surface area (TPSA) is 25.8 Å². The number of hydrogen-bond acceptors (Lipinski definition) is 2. The molecule has 0 aliphatic heterocycles. The van der Waals surface area contributed by atoms with E-state index in [0.29, 0.717) is 5.92 Å². The summed E-state index contributed by atoms with van der Waals surface area (Å²) in [5.41, 5.74) is 12.1. The third-order valence-corrected chi connectivity index (χ3v) is 9.49. The maximum absolute atomic E-state index is 4.66. The van der Waals surface area contributed by atoms with E-state index in [9.17, 15) is 0 Å². The second-order valence-corrected chi connectivity index (χ2v) is 13.5. The second kappa shape index (κ2) is 16.4. The molecule has 0 N–H and O–H groups in total. The van der Waals surface area contributed by atoms with Crippen LogP contribution >= 0.6 is 0 Å². The van der Waals surface area contributed by atoms with Crippen LogP contribution in [0.15, 0.2) is 97.3 Å². The van der Waals surface area contributed by atoms with Crippen molar-refractivity contribution in [2.45, 2.75) is 91.4 Å². The van der Waals surface area contributed by atoms with Gasteiger partial charge in [0.2, 0.25) is 0 Å². The predicted octanol–water partition coefficient (Wildman–Crippen LogP) is 11.3. The Hall–Kier alpha value is -3.39. The average molecular weight is 785 g/mol. The third-order valence-electron chi connectivity index (χ3n) is 9.49. The van der Waals surface area contributed by atoms with Crippen LogP contribution in [0, 0.1) is 31.9 Å². The van der Waals surface area contributed by atoms with Gasteiger partial charge in [0.1, 0.15) is 0 Å². The monoisotopic (exact) mass is 785 g/mol. The molecule has 0 unspecified atom stereocenters. The number of rotatable bonds is 7. The molecule has 241 valence electrons. The van der Waals surface area contributed by atoms with Gasteiger partial charge in [0.15, 0.2) is 0 Å². The summed E-state index contributed by atoms with van der Waals surface area (Å²) in [5.74, 6) is 1.36. The second-order valence-electron chi connectivity index (χ2n) is 13.5. The number of pyridine rings is 2. The Balaban J connectivity index is 0.000000209. The minimum absolute atomic E-state index is 0. The summed E-state index contributed by atoms with van der Waals surface area (Å²) in [6, 6.07) is 36.3. The first-order chi connectivity index (χ1) is 21.7. The summed E-state index contributed by atoms with van der Waals surface area (Å²) in [6.45, 7) is 13.3. The first-order valence-corrected chi connectivity index (χ1v) is 16.7. The van der Waals surface area contributed by atoms with E-state index < -0.39 is 0 Å². The van der Waals surface area contributed by atoms with Crippen molar-refractivity contribution < 1.29 is 20.1 Å². The van der Waals surface area contributed by atoms with Crippen molar-refractivity contribution in [3.63, 3.8) is 0 Å². The van der Waals surface area contributed by atoms with E-state index in [2.05, 4.69) is 124 Å². The molecule has 0 amide bonds. The van der Waals surface area contributed by atoms with E-state index in [1.807, 2.05) is 36.7 Å². The molecule has 1 radical (unpaired) electrons. The minimum Gasteiger partial charge on any atom is -0.304 e. The van der Waals surface area contributed by atoms with E-state index in [1.54, 1.807) is 0 Å². The van der Waals surface area contributed by atoms with Gasteiger partial charge in [-0.2, -0.15) is 0 Å². The SMILES string of the molecule is Cc1cnc(-c2[c-]ccc(C(C)(C)c3ccccc3)c2)cc1C(C)C.Cc1cnc(-c2[c-]cccc2)cc1CC1CCCCC1.[Ir]. The fourth-order valence-electron chi connectivity index (χ4n) is 6.52. The third kappa shape index (κ3) is 8.90. The molecule has 0 bridgehead atoms. The average Bonchev–Trinajstić information content (AvgIpc) is 3.07. The Morgan fingerprint density at radius 2 is 1.37 bits per heavy atom. The van der Waals surface area contributed by atoms with E-state index in [4.69, 9.17) is 0 Å². The van der Waals surface area contributed by atoms with Gasteiger partial charge in [-0.05, 0) is 71.2 Å². The van der Waals surface area contributed by atoms with E-state index in [-0.39, 0.29) is 25.5 Å². The summed E-state index contributed by atoms with van der Waals surface area (Å²) in [6.07, 6.45) is 12.3. The molecule has 0 spiro atoms. The summed E-state index contributed by atoms with van der Waals surface area (Å²) >= 11 is 0. The first kappa shape index (κ1) is 35.5. The van der Waals surface area contributed by atoms with E-state index >= 15 is 0 Å². The van der Waals surface area contributed by atoms with Crippen LogP contribution in [-0.4, -0.2) is 9.97 Å². The van der Waals surface area contributed by atoms with Crippen LogP contribution < -0.4 is 0 Å². The molecule has 0 atom stereocenters. The smallest absolute Gasteiger partial charge is 0.0192 e. The van der Waals surface area contributed by atoms with Crippen molar-refractivity contribution in [3.05, 3.63) is 143 Å². The zero-order valence-electron chi connectivity index (χ0n) is 28.4. The van der Waals surface area contributed by atoms with Crippen molar-refractivity contribution in [3.8, 4) is 22.5 Å². The Kier molecular flexibility index (Phi) is 12.7. The van der Waals surface area contributed by atoms with Gasteiger partial charge in [0.05, 0.1) is 0 Å². The molecule has 3 aromatic carbocycles. The van der Waals surface area contributed by atoms with Gasteiger partial charge in [-0.3, -0.25) is 0 Å². The van der Waals surface area contributed by atoms with Crippen LogP contribution in [0.5, 0.6) is 0 Å². The largest absolute Gasteiger partial charge is 0.304 e. The summed E-state index contributed by atoms with van der Waals surface area (Å²) in [7, 11) is 0. The van der Waals surface area contributed by atoms with Crippen LogP contribution in [0.4, 0.5) is 0 Å². The molecular weight excluding hydrogens is 737 g/mol. The molecule has 2 heterocycles. The normalized spacial score (nSPS) is 13.5. The van der Waals surface area contributed by atoms with E-state index in [0.717, 1.165) is 28.4 Å². The van der Waals surface area contributed by atoms with Gasteiger partial charge >= 0.3 is 0 Å². The molecule has 1 fully saturated rings. The Morgan fingerprint density at radius 1 is 0.717 bits per heavy atom. The molecule has 1 aliphatic carbocycles. The maximum atomic E-state index is 4.66. The molecule has 2 nitrogen and oxygen atoms in total. The summed E-state index contributed by atoms with van der Waals surface area (Å²) in [4.78, 5) is 9.23. The maximum Gasteiger partial charge on any atom is 0.0192 e. The Labute approximate surface area is 291 Å². The molecule has 2 aromatic heterocycles. The minimum atomic E-state index is -0.0588. The number of aryl methyl sites for hydroxylation is 2. The molecular formula is C43H48IrN2-2. The first-order valence-electron chi connectivity index (χ1n) is 16.7. The molecule has 1 aliphatic rings. The number of hydrogen-bond donors (Lipinski definition) is 0. The summed E-state index contributed by atoms with van der Waals surface area (Å²) in [5, 5.41) is 0. The predicted molar refractivity (Wildman–Crippen MR) is 189 cm³/mol. The Morgan fingerprint density at radius 3 is 2.04 bits per heavy atom. The number of benzene rings is 3. The number of nitrogens with zero attached hydrogens (tertiary/aromatic N) is 2. The van der Waals surface area contributed by atoms with Crippen molar-refractivity contribution in [1.82, 2.24) is 9.97 Å². The zero-order valence-corrected chi connectivity index (χ0v) is 30.8. The van der Waals surface area contributed by atoms with Gasteiger partial charge in [-0.25, -0.2) is 0 Å². The molecule has 1 saturated carbocycles. The van der Waals surface area contributed by atoms with Gasteiger partial charge in [0.25, 0.3) is 0 Å². The van der Waals surface area contributed by atoms with Crippen molar-refractivity contribution in [2.24, 2.45) is 5.92 Å². The summed E-state index contributed by atoms with van der Waals surface area (Å²) < 4.78 is 0. The van der Waals surface area contributed by atoms with Gasteiger partial charge in [-0.15, -0.1) is 71.3 Å². The van der Waals surface area contributed by atoms with Crippen molar-refractivity contribution in [1.29, 1.82) is 0 Å². The quantitative estimate of drug-likeness (QED) is 0.154. The van der Waals surface area contributed by atoms with Crippen LogP contribution in [0.3, 0.4) is 0 Å². The molecule has 46 heavy (non-hydrogen) atoms. The fourth-order valence-corrected chi connectivity index (χ4v) is 6.52. The van der Waals surface area contributed by atoms with Crippen LogP contribution in [-0.2, 0) is 31.9 Å². The van der Waals surface area contributed by atoms with Gasteiger partial charge < -0.3 is 9.97 Å². The fraction of sp³-hybridized carbons (Fsp3) is 0.349. The molecule has 0 saturated heterocycles. The standard InChI is InChI=1S/C24H26N.C19H22N.Ir/c1-17(2)22-15-23(25-16-18(22)3)19-10-9-13-21(14-19)24(4,5)20-11-7-6-8-12-20;1-15-14-20-19(17-10-6-3-7-11-17)13-18(15)12-16-8-4-2-5-9-16;/h6-9,11-17H,1-5H3;3,6-7,10,13-14,16H,2,4-5,8-9,12H2,1H3;/q2*-1;. The molecule has 5 aromatic rings. The molecule has 6 rings (SSSR count). The zero-order chi connectivity index (χ0) is 31.8. The van der Waals surface area contributed by atoms with Crippen molar-refractivity contribution >= 4 is 0 Å². The number of aromatic nitrogens is 2. The van der Waals surface area contributed by atoms with Crippen LogP contribution in [0.25, 0.3) is 22.5 Å². The van der Waals surface area contributed by atoms with Crippen molar-refractivity contribution in [2.75, 3.05) is 0 Å². The Bertz CT molecular complexity index is 1670.